The van der Waals surface area contributed by atoms with E-state index in [2.05, 4.69) is 5.32 Å². The van der Waals surface area contributed by atoms with Gasteiger partial charge in [-0.25, -0.2) is 0 Å². The molecule has 1 amide bonds. The van der Waals surface area contributed by atoms with Crippen molar-refractivity contribution in [1.29, 1.82) is 0 Å². The van der Waals surface area contributed by atoms with Crippen LogP contribution in [0.25, 0.3) is 0 Å². The molecule has 0 aliphatic carbocycles. The van der Waals surface area contributed by atoms with E-state index >= 15 is 0 Å². The van der Waals surface area contributed by atoms with Crippen molar-refractivity contribution in [2.75, 3.05) is 26.7 Å². The van der Waals surface area contributed by atoms with Crippen LogP contribution in [-0.2, 0) is 4.79 Å². The molecule has 0 aromatic carbocycles. The van der Waals surface area contributed by atoms with Gasteiger partial charge in [-0.3, -0.25) is 9.69 Å². The molecule has 1 saturated heterocycles. The SMILES string of the molecule is CN(CCCC1CCCN1)CC(N)=O. The monoisotopic (exact) mass is 199 g/mol. The van der Waals surface area contributed by atoms with Crippen molar-refractivity contribution in [3.63, 3.8) is 0 Å². The Hall–Kier alpha value is -0.610. The minimum absolute atomic E-state index is 0.244. The summed E-state index contributed by atoms with van der Waals surface area (Å²) in [5, 5.41) is 3.46. The van der Waals surface area contributed by atoms with Crippen LogP contribution < -0.4 is 11.1 Å². The number of hydrogen-bond donors (Lipinski definition) is 2. The number of likely N-dealkylation sites (N-methyl/N-ethyl adjacent to an activating group) is 1. The number of rotatable bonds is 6. The molecule has 0 aromatic rings. The first kappa shape index (κ1) is 11.5. The van der Waals surface area contributed by atoms with Gasteiger partial charge in [0, 0.05) is 6.04 Å². The van der Waals surface area contributed by atoms with Crippen LogP contribution in [-0.4, -0.2) is 43.5 Å². The fourth-order valence-electron chi connectivity index (χ4n) is 1.96. The van der Waals surface area contributed by atoms with E-state index in [0.717, 1.165) is 13.0 Å². The highest BCUT2D eigenvalue weighted by molar-refractivity contribution is 5.75. The highest BCUT2D eigenvalue weighted by atomic mass is 16.1. The zero-order valence-corrected chi connectivity index (χ0v) is 8.96. The van der Waals surface area contributed by atoms with E-state index in [1.54, 1.807) is 0 Å². The minimum Gasteiger partial charge on any atom is -0.369 e. The van der Waals surface area contributed by atoms with Gasteiger partial charge in [-0.05, 0) is 45.8 Å². The summed E-state index contributed by atoms with van der Waals surface area (Å²) in [5.41, 5.74) is 5.09. The Bertz CT molecular complexity index is 178. The Morgan fingerprint density at radius 2 is 2.43 bits per heavy atom. The van der Waals surface area contributed by atoms with Crippen LogP contribution in [0.4, 0.5) is 0 Å². The maximum Gasteiger partial charge on any atom is 0.231 e. The normalized spacial score (nSPS) is 21.7. The van der Waals surface area contributed by atoms with Crippen LogP contribution in [0.15, 0.2) is 0 Å². The molecule has 14 heavy (non-hydrogen) atoms. The lowest BCUT2D eigenvalue weighted by atomic mass is 10.1. The minimum atomic E-state index is -0.244. The summed E-state index contributed by atoms with van der Waals surface area (Å²) in [6.07, 6.45) is 4.96. The lowest BCUT2D eigenvalue weighted by Gasteiger charge is -2.16. The number of nitrogens with zero attached hydrogens (tertiary/aromatic N) is 1. The predicted octanol–water partition coefficient (Wildman–Crippen LogP) is -0.0643. The molecule has 1 fully saturated rings. The third-order valence-electron chi connectivity index (χ3n) is 2.68. The van der Waals surface area contributed by atoms with Gasteiger partial charge in [-0.1, -0.05) is 0 Å². The van der Waals surface area contributed by atoms with Gasteiger partial charge in [0.15, 0.2) is 0 Å². The molecule has 1 rings (SSSR count). The molecule has 0 aromatic heterocycles. The Kier molecular flexibility index (Phi) is 4.90. The van der Waals surface area contributed by atoms with Gasteiger partial charge in [0.25, 0.3) is 0 Å². The maximum absolute atomic E-state index is 10.6. The molecule has 1 unspecified atom stereocenters. The molecule has 0 saturated carbocycles. The van der Waals surface area contributed by atoms with Crippen LogP contribution in [0.2, 0.25) is 0 Å². The summed E-state index contributed by atoms with van der Waals surface area (Å²) in [6.45, 7) is 2.50. The van der Waals surface area contributed by atoms with Gasteiger partial charge < -0.3 is 11.1 Å². The van der Waals surface area contributed by atoms with Crippen molar-refractivity contribution in [2.45, 2.75) is 31.7 Å². The van der Waals surface area contributed by atoms with Crippen molar-refractivity contribution in [2.24, 2.45) is 5.73 Å². The topological polar surface area (TPSA) is 58.4 Å². The van der Waals surface area contributed by atoms with E-state index < -0.39 is 0 Å². The number of primary amides is 1. The van der Waals surface area contributed by atoms with Crippen molar-refractivity contribution in [1.82, 2.24) is 10.2 Å². The highest BCUT2D eigenvalue weighted by Crippen LogP contribution is 2.10. The zero-order chi connectivity index (χ0) is 10.4. The highest BCUT2D eigenvalue weighted by Gasteiger charge is 2.13. The maximum atomic E-state index is 10.6. The predicted molar refractivity (Wildman–Crippen MR) is 57.0 cm³/mol. The number of carbonyl (C=O) groups is 1. The lowest BCUT2D eigenvalue weighted by Crippen LogP contribution is -2.32. The van der Waals surface area contributed by atoms with E-state index in [4.69, 9.17) is 5.73 Å². The number of hydrogen-bond acceptors (Lipinski definition) is 3. The molecule has 0 bridgehead atoms. The molecule has 0 radical (unpaired) electrons. The van der Waals surface area contributed by atoms with Gasteiger partial charge in [-0.15, -0.1) is 0 Å². The first-order valence-corrected chi connectivity index (χ1v) is 5.38. The van der Waals surface area contributed by atoms with Crippen molar-refractivity contribution < 1.29 is 4.79 Å². The third-order valence-corrected chi connectivity index (χ3v) is 2.68. The average Bonchev–Trinajstić information content (AvgIpc) is 2.55. The van der Waals surface area contributed by atoms with Gasteiger partial charge in [0.05, 0.1) is 6.54 Å². The van der Waals surface area contributed by atoms with E-state index in [-0.39, 0.29) is 5.91 Å². The second kappa shape index (κ2) is 5.98. The molecular formula is C10H21N3O. The van der Waals surface area contributed by atoms with Crippen LogP contribution in [0.5, 0.6) is 0 Å². The molecule has 1 aliphatic rings. The summed E-state index contributed by atoms with van der Waals surface area (Å²) in [6, 6.07) is 0.706. The molecule has 1 heterocycles. The van der Waals surface area contributed by atoms with Crippen LogP contribution in [0.3, 0.4) is 0 Å². The smallest absolute Gasteiger partial charge is 0.231 e. The molecule has 0 spiro atoms. The van der Waals surface area contributed by atoms with Crippen molar-refractivity contribution >= 4 is 5.91 Å². The summed E-state index contributed by atoms with van der Waals surface area (Å²) in [7, 11) is 1.94. The van der Waals surface area contributed by atoms with Crippen LogP contribution in [0, 0.1) is 0 Å². The van der Waals surface area contributed by atoms with E-state index in [1.807, 2.05) is 11.9 Å². The van der Waals surface area contributed by atoms with E-state index in [9.17, 15) is 4.79 Å². The van der Waals surface area contributed by atoms with Gasteiger partial charge in [-0.2, -0.15) is 0 Å². The standard InChI is InChI=1S/C10H21N3O/c1-13(8-10(11)14)7-3-5-9-4-2-6-12-9/h9,12H,2-8H2,1H3,(H2,11,14). The summed E-state index contributed by atoms with van der Waals surface area (Å²) >= 11 is 0. The van der Waals surface area contributed by atoms with E-state index in [1.165, 1.54) is 25.8 Å². The zero-order valence-electron chi connectivity index (χ0n) is 8.96. The molecule has 3 N–H and O–H groups in total. The summed E-state index contributed by atoms with van der Waals surface area (Å²) in [4.78, 5) is 12.6. The largest absolute Gasteiger partial charge is 0.369 e. The molecule has 82 valence electrons. The molecule has 4 nitrogen and oxygen atoms in total. The molecule has 1 atom stereocenters. The van der Waals surface area contributed by atoms with Gasteiger partial charge >= 0.3 is 0 Å². The van der Waals surface area contributed by atoms with Crippen LogP contribution in [0.1, 0.15) is 25.7 Å². The Labute approximate surface area is 85.8 Å². The second-order valence-electron chi connectivity index (χ2n) is 4.14. The van der Waals surface area contributed by atoms with Crippen LogP contribution >= 0.6 is 0 Å². The number of amides is 1. The number of carbonyl (C=O) groups excluding carboxylic acids is 1. The Balaban J connectivity index is 1.99. The first-order chi connectivity index (χ1) is 6.68. The summed E-state index contributed by atoms with van der Waals surface area (Å²) < 4.78 is 0. The Morgan fingerprint density at radius 1 is 1.64 bits per heavy atom. The lowest BCUT2D eigenvalue weighted by molar-refractivity contribution is -0.118. The fraction of sp³-hybridized carbons (Fsp3) is 0.900. The quantitative estimate of drug-likeness (QED) is 0.630. The van der Waals surface area contributed by atoms with E-state index in [0.29, 0.717) is 12.6 Å². The van der Waals surface area contributed by atoms with Crippen molar-refractivity contribution in [3.8, 4) is 0 Å². The average molecular weight is 199 g/mol. The number of nitrogens with one attached hydrogen (secondary N) is 1. The Morgan fingerprint density at radius 3 is 3.00 bits per heavy atom. The number of nitrogens with two attached hydrogens (primary N) is 1. The molecule has 4 heteroatoms. The van der Waals surface area contributed by atoms with Crippen molar-refractivity contribution in [3.05, 3.63) is 0 Å². The van der Waals surface area contributed by atoms with Gasteiger partial charge in [0.2, 0.25) is 5.91 Å². The molecular weight excluding hydrogens is 178 g/mol. The molecule has 1 aliphatic heterocycles. The first-order valence-electron chi connectivity index (χ1n) is 5.38. The summed E-state index contributed by atoms with van der Waals surface area (Å²) in [5.74, 6) is -0.244. The fourth-order valence-corrected chi connectivity index (χ4v) is 1.96. The van der Waals surface area contributed by atoms with Gasteiger partial charge in [0.1, 0.15) is 0 Å². The third kappa shape index (κ3) is 4.58. The second-order valence-corrected chi connectivity index (χ2v) is 4.14.